The van der Waals surface area contributed by atoms with Gasteiger partial charge in [0.2, 0.25) is 11.8 Å². The van der Waals surface area contributed by atoms with Gasteiger partial charge in [0.1, 0.15) is 0 Å². The molecule has 1 aromatic rings. The van der Waals surface area contributed by atoms with Gasteiger partial charge in [-0.25, -0.2) is 0 Å². The summed E-state index contributed by atoms with van der Waals surface area (Å²) in [7, 11) is 0. The molecule has 0 aromatic heterocycles. The van der Waals surface area contributed by atoms with Crippen LogP contribution in [0.2, 0.25) is 0 Å². The zero-order valence-corrected chi connectivity index (χ0v) is 13.7. The Morgan fingerprint density at radius 3 is 2.70 bits per heavy atom. The maximum Gasteiger partial charge on any atom is 0.233 e. The number of nitrogens with zero attached hydrogens (tertiary/aromatic N) is 2. The molecule has 2 aliphatic rings. The Kier molecular flexibility index (Phi) is 5.08. The van der Waals surface area contributed by atoms with Gasteiger partial charge < -0.3 is 4.74 Å². The highest BCUT2D eigenvalue weighted by Gasteiger charge is 2.38. The molecule has 5 nitrogen and oxygen atoms in total. The first-order chi connectivity index (χ1) is 11.1. The predicted molar refractivity (Wildman–Crippen MR) is 87.0 cm³/mol. The summed E-state index contributed by atoms with van der Waals surface area (Å²) in [5.74, 6) is -0.236. The fourth-order valence-electron chi connectivity index (χ4n) is 3.34. The van der Waals surface area contributed by atoms with E-state index >= 15 is 0 Å². The summed E-state index contributed by atoms with van der Waals surface area (Å²) in [6, 6.07) is 8.16. The molecule has 2 heterocycles. The van der Waals surface area contributed by atoms with Gasteiger partial charge in [0, 0.05) is 32.6 Å². The van der Waals surface area contributed by atoms with Gasteiger partial charge in [-0.3, -0.25) is 19.4 Å². The number of ether oxygens (including phenoxy) is 1. The van der Waals surface area contributed by atoms with Crippen molar-refractivity contribution in [2.75, 3.05) is 39.4 Å². The standard InChI is InChI=1S/C18H24N2O3/c1-14-3-2-4-15(11-14)12-16-13-17(21)20(18(16)22)6-5-19-7-9-23-10-8-19/h2-4,11,16H,5-10,12-13H2,1H3. The molecule has 124 valence electrons. The Morgan fingerprint density at radius 2 is 1.96 bits per heavy atom. The summed E-state index contributed by atoms with van der Waals surface area (Å²) in [4.78, 5) is 28.4. The lowest BCUT2D eigenvalue weighted by Crippen LogP contribution is -2.43. The zero-order valence-electron chi connectivity index (χ0n) is 13.7. The summed E-state index contributed by atoms with van der Waals surface area (Å²) in [5.41, 5.74) is 2.31. The lowest BCUT2D eigenvalue weighted by molar-refractivity contribution is -0.139. The van der Waals surface area contributed by atoms with E-state index in [0.29, 0.717) is 19.4 Å². The van der Waals surface area contributed by atoms with Crippen LogP contribution in [0.4, 0.5) is 0 Å². The Labute approximate surface area is 137 Å². The average Bonchev–Trinajstić information content (AvgIpc) is 2.80. The number of hydrogen-bond donors (Lipinski definition) is 0. The molecule has 1 aromatic carbocycles. The molecule has 5 heteroatoms. The lowest BCUT2D eigenvalue weighted by atomic mass is 9.97. The highest BCUT2D eigenvalue weighted by molar-refractivity contribution is 6.03. The van der Waals surface area contributed by atoms with Crippen LogP contribution in [0, 0.1) is 12.8 Å². The second-order valence-corrected chi connectivity index (χ2v) is 6.43. The van der Waals surface area contributed by atoms with Crippen molar-refractivity contribution >= 4 is 11.8 Å². The van der Waals surface area contributed by atoms with Crippen LogP contribution in [-0.4, -0.2) is 61.0 Å². The number of carbonyl (C=O) groups is 2. The Morgan fingerprint density at radius 1 is 1.17 bits per heavy atom. The molecule has 2 saturated heterocycles. The minimum absolute atomic E-state index is 0.00948. The van der Waals surface area contributed by atoms with Gasteiger partial charge in [-0.2, -0.15) is 0 Å². The molecule has 0 aliphatic carbocycles. The van der Waals surface area contributed by atoms with Crippen LogP contribution < -0.4 is 0 Å². The molecule has 23 heavy (non-hydrogen) atoms. The molecular weight excluding hydrogens is 292 g/mol. The van der Waals surface area contributed by atoms with Gasteiger partial charge in [-0.05, 0) is 18.9 Å². The normalized spacial score (nSPS) is 22.8. The Bertz CT molecular complexity index is 581. The first-order valence-electron chi connectivity index (χ1n) is 8.33. The number of benzene rings is 1. The van der Waals surface area contributed by atoms with E-state index in [4.69, 9.17) is 4.74 Å². The van der Waals surface area contributed by atoms with Crippen LogP contribution in [0.5, 0.6) is 0 Å². The van der Waals surface area contributed by atoms with Crippen LogP contribution in [0.1, 0.15) is 17.5 Å². The van der Waals surface area contributed by atoms with E-state index in [-0.39, 0.29) is 17.7 Å². The molecule has 1 atom stereocenters. The predicted octanol–water partition coefficient (Wildman–Crippen LogP) is 1.24. The molecule has 3 rings (SSSR count). The van der Waals surface area contributed by atoms with Crippen molar-refractivity contribution in [3.63, 3.8) is 0 Å². The fraction of sp³-hybridized carbons (Fsp3) is 0.556. The van der Waals surface area contributed by atoms with Gasteiger partial charge in [0.15, 0.2) is 0 Å². The van der Waals surface area contributed by atoms with E-state index in [1.165, 1.54) is 10.5 Å². The van der Waals surface area contributed by atoms with E-state index < -0.39 is 0 Å². The van der Waals surface area contributed by atoms with Crippen molar-refractivity contribution in [2.24, 2.45) is 5.92 Å². The first-order valence-corrected chi connectivity index (χ1v) is 8.33. The topological polar surface area (TPSA) is 49.9 Å². The van der Waals surface area contributed by atoms with Crippen molar-refractivity contribution in [2.45, 2.75) is 19.8 Å². The van der Waals surface area contributed by atoms with Crippen LogP contribution in [0.15, 0.2) is 24.3 Å². The molecule has 0 saturated carbocycles. The molecule has 0 spiro atoms. The SMILES string of the molecule is Cc1cccc(CC2CC(=O)N(CCN3CCOCC3)C2=O)c1. The molecule has 0 radical (unpaired) electrons. The third-order valence-corrected chi connectivity index (χ3v) is 4.65. The summed E-state index contributed by atoms with van der Waals surface area (Å²) in [6.45, 7) is 6.52. The number of aryl methyl sites for hydroxylation is 1. The molecule has 1 unspecified atom stereocenters. The molecule has 0 N–H and O–H groups in total. The van der Waals surface area contributed by atoms with Crippen molar-refractivity contribution in [1.29, 1.82) is 0 Å². The van der Waals surface area contributed by atoms with E-state index in [1.807, 2.05) is 25.1 Å². The van der Waals surface area contributed by atoms with Gasteiger partial charge in [-0.15, -0.1) is 0 Å². The largest absolute Gasteiger partial charge is 0.379 e. The first kappa shape index (κ1) is 16.1. The van der Waals surface area contributed by atoms with Crippen LogP contribution in [-0.2, 0) is 20.7 Å². The molecule has 2 fully saturated rings. The van der Waals surface area contributed by atoms with Crippen LogP contribution in [0.3, 0.4) is 0 Å². The number of imide groups is 1. The summed E-state index contributed by atoms with van der Waals surface area (Å²) < 4.78 is 5.32. The monoisotopic (exact) mass is 316 g/mol. The lowest BCUT2D eigenvalue weighted by Gasteiger charge is -2.28. The average molecular weight is 316 g/mol. The number of carbonyl (C=O) groups excluding carboxylic acids is 2. The number of hydrogen-bond acceptors (Lipinski definition) is 4. The molecule has 2 amide bonds. The summed E-state index contributed by atoms with van der Waals surface area (Å²) in [6.07, 6.45) is 0.996. The van der Waals surface area contributed by atoms with Crippen LogP contribution >= 0.6 is 0 Å². The molecular formula is C18H24N2O3. The number of amides is 2. The maximum absolute atomic E-state index is 12.5. The zero-order chi connectivity index (χ0) is 16.2. The summed E-state index contributed by atoms with van der Waals surface area (Å²) >= 11 is 0. The second-order valence-electron chi connectivity index (χ2n) is 6.43. The third kappa shape index (κ3) is 3.98. The third-order valence-electron chi connectivity index (χ3n) is 4.65. The van der Waals surface area contributed by atoms with E-state index in [2.05, 4.69) is 11.0 Å². The minimum Gasteiger partial charge on any atom is -0.379 e. The van der Waals surface area contributed by atoms with Gasteiger partial charge in [0.05, 0.1) is 19.1 Å². The van der Waals surface area contributed by atoms with Gasteiger partial charge in [-0.1, -0.05) is 29.8 Å². The van der Waals surface area contributed by atoms with E-state index in [0.717, 1.165) is 38.4 Å². The smallest absolute Gasteiger partial charge is 0.233 e. The van der Waals surface area contributed by atoms with E-state index in [1.54, 1.807) is 0 Å². The Hall–Kier alpha value is -1.72. The van der Waals surface area contributed by atoms with Crippen molar-refractivity contribution < 1.29 is 14.3 Å². The minimum atomic E-state index is -0.200. The van der Waals surface area contributed by atoms with Gasteiger partial charge in [0.25, 0.3) is 0 Å². The molecule has 2 aliphatic heterocycles. The summed E-state index contributed by atoms with van der Waals surface area (Å²) in [5, 5.41) is 0. The van der Waals surface area contributed by atoms with E-state index in [9.17, 15) is 9.59 Å². The maximum atomic E-state index is 12.5. The van der Waals surface area contributed by atoms with Crippen molar-refractivity contribution in [1.82, 2.24) is 9.80 Å². The number of morpholine rings is 1. The van der Waals surface area contributed by atoms with Crippen LogP contribution in [0.25, 0.3) is 0 Å². The van der Waals surface area contributed by atoms with Crippen molar-refractivity contribution in [3.8, 4) is 0 Å². The fourth-order valence-corrected chi connectivity index (χ4v) is 3.34. The highest BCUT2D eigenvalue weighted by atomic mass is 16.5. The molecule has 0 bridgehead atoms. The quantitative estimate of drug-likeness (QED) is 0.767. The number of likely N-dealkylation sites (tertiary alicyclic amines) is 1. The number of rotatable bonds is 5. The Balaban J connectivity index is 1.56. The highest BCUT2D eigenvalue weighted by Crippen LogP contribution is 2.24. The second kappa shape index (κ2) is 7.23. The van der Waals surface area contributed by atoms with Crippen molar-refractivity contribution in [3.05, 3.63) is 35.4 Å². The van der Waals surface area contributed by atoms with Gasteiger partial charge >= 0.3 is 0 Å².